The quantitative estimate of drug-likeness (QED) is 0.711. The molecule has 0 spiro atoms. The molecule has 0 radical (unpaired) electrons. The Kier molecular flexibility index (Phi) is 4.99. The Balaban J connectivity index is 1.44. The highest BCUT2D eigenvalue weighted by Gasteiger charge is 2.30. The first-order chi connectivity index (χ1) is 14.0. The van der Waals surface area contributed by atoms with Gasteiger partial charge in [-0.1, -0.05) is 24.3 Å². The highest BCUT2D eigenvalue weighted by Crippen LogP contribution is 2.29. The summed E-state index contributed by atoms with van der Waals surface area (Å²) in [6.07, 6.45) is 0.452. The molecule has 7 nitrogen and oxygen atoms in total. The van der Waals surface area contributed by atoms with E-state index in [4.69, 9.17) is 4.74 Å². The number of amides is 2. The molecule has 0 bridgehead atoms. The molecule has 2 N–H and O–H groups in total. The number of likely N-dealkylation sites (N-methyl/N-ethyl adjacent to an activating group) is 1. The first-order valence-corrected chi connectivity index (χ1v) is 9.10. The first-order valence-electron chi connectivity index (χ1n) is 9.10. The molecule has 1 aliphatic rings. The van der Waals surface area contributed by atoms with Crippen LogP contribution in [0.15, 0.2) is 54.6 Å². The topological polar surface area (TPSA) is 87.3 Å². The van der Waals surface area contributed by atoms with Crippen molar-refractivity contribution in [3.63, 3.8) is 0 Å². The summed E-state index contributed by atoms with van der Waals surface area (Å²) < 4.78 is 18.7. The number of hydrogen-bond acceptors (Lipinski definition) is 4. The standard InChI is InChI=1S/C21H19FN4O3/c1-26-18-4-2-3-5-19(18)29-12-17(21(26)28)23-20(27)16-11-15(24-25-16)10-13-6-8-14(22)9-7-13/h2-9,11,17H,10,12H2,1H3,(H,23,27)(H,24,25)/t17-/m0/s1. The Morgan fingerprint density at radius 3 is 2.83 bits per heavy atom. The van der Waals surface area contributed by atoms with Crippen molar-refractivity contribution in [2.75, 3.05) is 18.6 Å². The van der Waals surface area contributed by atoms with Crippen molar-refractivity contribution in [1.82, 2.24) is 15.5 Å². The number of aromatic amines is 1. The van der Waals surface area contributed by atoms with Crippen LogP contribution >= 0.6 is 0 Å². The Bertz CT molecular complexity index is 1050. The van der Waals surface area contributed by atoms with Gasteiger partial charge in [-0.05, 0) is 35.9 Å². The molecule has 2 amide bonds. The van der Waals surface area contributed by atoms with Crippen LogP contribution in [0.25, 0.3) is 0 Å². The predicted octanol–water partition coefficient (Wildman–Crippen LogP) is 2.29. The minimum absolute atomic E-state index is 0.0303. The summed E-state index contributed by atoms with van der Waals surface area (Å²) in [5, 5.41) is 9.51. The van der Waals surface area contributed by atoms with Gasteiger partial charge in [0.05, 0.1) is 11.4 Å². The average molecular weight is 394 g/mol. The Morgan fingerprint density at radius 1 is 1.28 bits per heavy atom. The van der Waals surface area contributed by atoms with Crippen LogP contribution in [0.4, 0.5) is 10.1 Å². The largest absolute Gasteiger partial charge is 0.489 e. The van der Waals surface area contributed by atoms with Crippen LogP contribution in [-0.2, 0) is 11.2 Å². The van der Waals surface area contributed by atoms with Crippen molar-refractivity contribution >= 4 is 17.5 Å². The third-order valence-electron chi connectivity index (χ3n) is 4.74. The van der Waals surface area contributed by atoms with Crippen LogP contribution in [0.5, 0.6) is 5.75 Å². The Hall–Kier alpha value is -3.68. The van der Waals surface area contributed by atoms with Gasteiger partial charge >= 0.3 is 0 Å². The molecule has 3 aromatic rings. The Labute approximate surface area is 166 Å². The number of halogens is 1. The third-order valence-corrected chi connectivity index (χ3v) is 4.74. The second-order valence-corrected chi connectivity index (χ2v) is 6.78. The number of ether oxygens (including phenoxy) is 1. The van der Waals surface area contributed by atoms with E-state index in [1.54, 1.807) is 37.4 Å². The molecule has 0 unspecified atom stereocenters. The maximum atomic E-state index is 13.0. The van der Waals surface area contributed by atoms with Crippen molar-refractivity contribution in [3.05, 3.63) is 77.4 Å². The number of nitrogens with one attached hydrogen (secondary N) is 2. The summed E-state index contributed by atoms with van der Waals surface area (Å²) in [7, 11) is 1.64. The van der Waals surface area contributed by atoms with Crippen LogP contribution in [-0.4, -0.2) is 41.7 Å². The molecule has 2 heterocycles. The van der Waals surface area contributed by atoms with E-state index >= 15 is 0 Å². The lowest BCUT2D eigenvalue weighted by Gasteiger charge is -2.20. The van der Waals surface area contributed by atoms with Crippen molar-refractivity contribution in [2.24, 2.45) is 0 Å². The van der Waals surface area contributed by atoms with Gasteiger partial charge in [0.25, 0.3) is 11.8 Å². The van der Waals surface area contributed by atoms with Gasteiger partial charge in [0, 0.05) is 13.5 Å². The molecule has 1 aromatic heterocycles. The molecule has 29 heavy (non-hydrogen) atoms. The normalized spacial score (nSPS) is 16.0. The summed E-state index contributed by atoms with van der Waals surface area (Å²) in [6.45, 7) is 0.0303. The molecular formula is C21H19FN4O3. The van der Waals surface area contributed by atoms with Gasteiger partial charge in [-0.15, -0.1) is 0 Å². The monoisotopic (exact) mass is 394 g/mol. The zero-order chi connectivity index (χ0) is 20.4. The lowest BCUT2D eigenvalue weighted by Crippen LogP contribution is -2.49. The van der Waals surface area contributed by atoms with Crippen LogP contribution in [0.3, 0.4) is 0 Å². The molecule has 1 atom stereocenters. The molecule has 1 aliphatic heterocycles. The molecule has 2 aromatic carbocycles. The summed E-state index contributed by atoms with van der Waals surface area (Å²) in [5.41, 5.74) is 2.39. The molecule has 0 saturated carbocycles. The summed E-state index contributed by atoms with van der Waals surface area (Å²) in [4.78, 5) is 26.8. The zero-order valence-electron chi connectivity index (χ0n) is 15.7. The van der Waals surface area contributed by atoms with Gasteiger partial charge in [-0.25, -0.2) is 4.39 Å². The number of fused-ring (bicyclic) bond motifs is 1. The highest BCUT2D eigenvalue weighted by atomic mass is 19.1. The zero-order valence-corrected chi connectivity index (χ0v) is 15.7. The van der Waals surface area contributed by atoms with E-state index in [0.29, 0.717) is 23.6 Å². The number of carbonyl (C=O) groups excluding carboxylic acids is 2. The molecular weight excluding hydrogens is 375 g/mol. The van der Waals surface area contributed by atoms with Gasteiger partial charge in [0.2, 0.25) is 0 Å². The van der Waals surface area contributed by atoms with Crippen molar-refractivity contribution in [3.8, 4) is 5.75 Å². The van der Waals surface area contributed by atoms with Gasteiger partial charge < -0.3 is 15.0 Å². The maximum Gasteiger partial charge on any atom is 0.270 e. The van der Waals surface area contributed by atoms with E-state index in [1.807, 2.05) is 12.1 Å². The minimum Gasteiger partial charge on any atom is -0.489 e. The van der Waals surface area contributed by atoms with Crippen molar-refractivity contribution < 1.29 is 18.7 Å². The number of benzene rings is 2. The second kappa shape index (κ2) is 7.75. The van der Waals surface area contributed by atoms with Crippen LogP contribution in [0, 0.1) is 5.82 Å². The lowest BCUT2D eigenvalue weighted by molar-refractivity contribution is -0.120. The summed E-state index contributed by atoms with van der Waals surface area (Å²) in [6, 6.07) is 14.1. The fourth-order valence-corrected chi connectivity index (χ4v) is 3.17. The second-order valence-electron chi connectivity index (χ2n) is 6.78. The lowest BCUT2D eigenvalue weighted by atomic mass is 10.1. The van der Waals surface area contributed by atoms with E-state index in [1.165, 1.54) is 17.0 Å². The molecule has 148 valence electrons. The molecule has 0 aliphatic carbocycles. The van der Waals surface area contributed by atoms with E-state index in [9.17, 15) is 14.0 Å². The van der Waals surface area contributed by atoms with E-state index in [0.717, 1.165) is 5.56 Å². The summed E-state index contributed by atoms with van der Waals surface area (Å²) >= 11 is 0. The van der Waals surface area contributed by atoms with E-state index in [2.05, 4.69) is 15.5 Å². The van der Waals surface area contributed by atoms with Gasteiger partial charge in [0.15, 0.2) is 0 Å². The number of H-pyrrole nitrogens is 1. The Morgan fingerprint density at radius 2 is 2.03 bits per heavy atom. The van der Waals surface area contributed by atoms with Crippen molar-refractivity contribution in [2.45, 2.75) is 12.5 Å². The number of hydrogen-bond donors (Lipinski definition) is 2. The van der Waals surface area contributed by atoms with Gasteiger partial charge in [-0.3, -0.25) is 14.7 Å². The molecule has 4 rings (SSSR count). The van der Waals surface area contributed by atoms with Crippen LogP contribution in [0.2, 0.25) is 0 Å². The SMILES string of the molecule is CN1C(=O)[C@@H](NC(=O)c2cc(Cc3ccc(F)cc3)n[nH]2)COc2ccccc21. The van der Waals surface area contributed by atoms with Crippen LogP contribution < -0.4 is 15.0 Å². The van der Waals surface area contributed by atoms with Gasteiger partial charge in [-0.2, -0.15) is 5.10 Å². The first kappa shape index (κ1) is 18.7. The van der Waals surface area contributed by atoms with Crippen molar-refractivity contribution in [1.29, 1.82) is 0 Å². The average Bonchev–Trinajstić information content (AvgIpc) is 3.16. The smallest absolute Gasteiger partial charge is 0.270 e. The molecule has 0 saturated heterocycles. The number of aromatic nitrogens is 2. The van der Waals surface area contributed by atoms with E-state index in [-0.39, 0.29) is 24.0 Å². The number of carbonyl (C=O) groups is 2. The van der Waals surface area contributed by atoms with Gasteiger partial charge in [0.1, 0.15) is 29.9 Å². The number of rotatable bonds is 4. The minimum atomic E-state index is -0.830. The number of para-hydroxylation sites is 2. The number of anilines is 1. The predicted molar refractivity (Wildman–Crippen MR) is 104 cm³/mol. The fourth-order valence-electron chi connectivity index (χ4n) is 3.17. The molecule has 0 fully saturated rings. The highest BCUT2D eigenvalue weighted by molar-refractivity contribution is 6.02. The van der Waals surface area contributed by atoms with E-state index < -0.39 is 11.9 Å². The fraction of sp³-hybridized carbons (Fsp3) is 0.190. The number of nitrogens with zero attached hydrogens (tertiary/aromatic N) is 2. The molecule has 8 heteroatoms. The maximum absolute atomic E-state index is 13.0. The van der Waals surface area contributed by atoms with Crippen LogP contribution in [0.1, 0.15) is 21.7 Å². The summed E-state index contributed by atoms with van der Waals surface area (Å²) in [5.74, 6) is -0.444. The third kappa shape index (κ3) is 3.96.